The van der Waals surface area contributed by atoms with Crippen LogP contribution in [0.2, 0.25) is 0 Å². The second kappa shape index (κ2) is 10.8. The standard InChI is InChI=1S/C20H38N4O2/c1-4-26-13-12-20(10-11-20)16-23-19(22-15-18(25)24(2)3)21-14-17-8-6-5-7-9-17/h17H,4-16H2,1-3H3,(H2,21,22,23). The van der Waals surface area contributed by atoms with Crippen LogP contribution in [0.3, 0.4) is 0 Å². The molecule has 0 aromatic carbocycles. The van der Waals surface area contributed by atoms with Crippen LogP contribution in [0.25, 0.3) is 0 Å². The van der Waals surface area contributed by atoms with E-state index in [1.807, 2.05) is 6.92 Å². The quantitative estimate of drug-likeness (QED) is 0.354. The number of hydrogen-bond acceptors (Lipinski definition) is 3. The third-order valence-corrected chi connectivity index (χ3v) is 5.72. The first-order valence-corrected chi connectivity index (χ1v) is 10.3. The lowest BCUT2D eigenvalue weighted by Crippen LogP contribution is -2.43. The Bertz CT molecular complexity index is 455. The van der Waals surface area contributed by atoms with E-state index in [0.29, 0.717) is 5.41 Å². The average Bonchev–Trinajstić information content (AvgIpc) is 3.42. The minimum atomic E-state index is 0.0289. The van der Waals surface area contributed by atoms with Gasteiger partial charge in [-0.1, -0.05) is 19.3 Å². The van der Waals surface area contributed by atoms with Gasteiger partial charge in [0.2, 0.25) is 5.91 Å². The Hall–Kier alpha value is -1.30. The van der Waals surface area contributed by atoms with Crippen molar-refractivity contribution < 1.29 is 9.53 Å². The molecule has 150 valence electrons. The van der Waals surface area contributed by atoms with Crippen molar-refractivity contribution in [2.75, 3.05) is 46.9 Å². The molecule has 26 heavy (non-hydrogen) atoms. The van der Waals surface area contributed by atoms with Crippen molar-refractivity contribution in [3.8, 4) is 0 Å². The Kier molecular flexibility index (Phi) is 8.69. The SMILES string of the molecule is CCOCCC1(CNC(=NCC(=O)N(C)C)NCC2CCCCC2)CC1. The predicted molar refractivity (Wildman–Crippen MR) is 106 cm³/mol. The van der Waals surface area contributed by atoms with Crippen LogP contribution >= 0.6 is 0 Å². The first-order chi connectivity index (χ1) is 12.5. The molecular formula is C20H38N4O2. The molecule has 0 atom stereocenters. The van der Waals surface area contributed by atoms with E-state index in [2.05, 4.69) is 15.6 Å². The lowest BCUT2D eigenvalue weighted by molar-refractivity contribution is -0.127. The fourth-order valence-corrected chi connectivity index (χ4v) is 3.49. The molecule has 6 heteroatoms. The van der Waals surface area contributed by atoms with Gasteiger partial charge in [0.15, 0.2) is 5.96 Å². The second-order valence-corrected chi connectivity index (χ2v) is 8.14. The number of hydrogen-bond donors (Lipinski definition) is 2. The Morgan fingerprint density at radius 3 is 2.54 bits per heavy atom. The van der Waals surface area contributed by atoms with Gasteiger partial charge < -0.3 is 20.3 Å². The summed E-state index contributed by atoms with van der Waals surface area (Å²) in [5.41, 5.74) is 0.355. The average molecular weight is 367 g/mol. The summed E-state index contributed by atoms with van der Waals surface area (Å²) >= 11 is 0. The summed E-state index contributed by atoms with van der Waals surface area (Å²) in [5, 5.41) is 6.98. The summed E-state index contributed by atoms with van der Waals surface area (Å²) in [6.45, 7) is 5.71. The van der Waals surface area contributed by atoms with E-state index in [9.17, 15) is 4.79 Å². The predicted octanol–water partition coefficient (Wildman–Crippen LogP) is 2.40. The molecule has 0 spiro atoms. The highest BCUT2D eigenvalue weighted by atomic mass is 16.5. The van der Waals surface area contributed by atoms with Crippen LogP contribution in [0.4, 0.5) is 0 Å². The third kappa shape index (κ3) is 7.52. The number of nitrogens with zero attached hydrogens (tertiary/aromatic N) is 2. The fourth-order valence-electron chi connectivity index (χ4n) is 3.49. The molecule has 6 nitrogen and oxygen atoms in total. The maximum Gasteiger partial charge on any atom is 0.243 e. The van der Waals surface area contributed by atoms with Crippen LogP contribution in [-0.2, 0) is 9.53 Å². The summed E-state index contributed by atoms with van der Waals surface area (Å²) < 4.78 is 5.52. The van der Waals surface area contributed by atoms with Gasteiger partial charge in [-0.2, -0.15) is 0 Å². The summed E-state index contributed by atoms with van der Waals surface area (Å²) in [7, 11) is 3.54. The summed E-state index contributed by atoms with van der Waals surface area (Å²) in [5.74, 6) is 1.54. The zero-order valence-electron chi connectivity index (χ0n) is 17.0. The van der Waals surface area contributed by atoms with E-state index in [-0.39, 0.29) is 12.5 Å². The van der Waals surface area contributed by atoms with Gasteiger partial charge in [-0.15, -0.1) is 0 Å². The van der Waals surface area contributed by atoms with E-state index < -0.39 is 0 Å². The highest BCUT2D eigenvalue weighted by Crippen LogP contribution is 2.48. The van der Waals surface area contributed by atoms with E-state index in [1.54, 1.807) is 19.0 Å². The van der Waals surface area contributed by atoms with Crippen molar-refractivity contribution >= 4 is 11.9 Å². The van der Waals surface area contributed by atoms with Gasteiger partial charge in [-0.3, -0.25) is 4.79 Å². The van der Waals surface area contributed by atoms with Gasteiger partial charge in [-0.05, 0) is 50.4 Å². The number of ether oxygens (including phenoxy) is 1. The second-order valence-electron chi connectivity index (χ2n) is 8.14. The van der Waals surface area contributed by atoms with Crippen molar-refractivity contribution in [1.29, 1.82) is 0 Å². The van der Waals surface area contributed by atoms with Crippen LogP contribution in [0, 0.1) is 11.3 Å². The number of carbonyl (C=O) groups excluding carboxylic acids is 1. The van der Waals surface area contributed by atoms with Gasteiger partial charge >= 0.3 is 0 Å². The van der Waals surface area contributed by atoms with Gasteiger partial charge in [-0.25, -0.2) is 4.99 Å². The van der Waals surface area contributed by atoms with E-state index in [1.165, 1.54) is 44.9 Å². The molecule has 0 heterocycles. The number of aliphatic imine (C=N–C) groups is 1. The maximum atomic E-state index is 11.9. The van der Waals surface area contributed by atoms with Crippen LogP contribution in [0.15, 0.2) is 4.99 Å². The van der Waals surface area contributed by atoms with Crippen molar-refractivity contribution in [3.63, 3.8) is 0 Å². The summed E-state index contributed by atoms with van der Waals surface area (Å²) in [6, 6.07) is 0. The number of rotatable bonds is 10. The Balaban J connectivity index is 1.83. The number of amides is 1. The highest BCUT2D eigenvalue weighted by Gasteiger charge is 2.42. The molecule has 0 aromatic rings. The third-order valence-electron chi connectivity index (χ3n) is 5.72. The summed E-state index contributed by atoms with van der Waals surface area (Å²) in [4.78, 5) is 18.0. The summed E-state index contributed by atoms with van der Waals surface area (Å²) in [6.07, 6.45) is 10.2. The molecule has 2 saturated carbocycles. The van der Waals surface area contributed by atoms with Crippen molar-refractivity contribution in [3.05, 3.63) is 0 Å². The van der Waals surface area contributed by atoms with Gasteiger partial charge in [0, 0.05) is 40.4 Å². The Morgan fingerprint density at radius 2 is 1.92 bits per heavy atom. The molecule has 0 aromatic heterocycles. The van der Waals surface area contributed by atoms with Gasteiger partial charge in [0.25, 0.3) is 0 Å². The van der Waals surface area contributed by atoms with Gasteiger partial charge in [0.05, 0.1) is 0 Å². The molecule has 2 rings (SSSR count). The van der Waals surface area contributed by atoms with E-state index in [0.717, 1.165) is 44.6 Å². The van der Waals surface area contributed by atoms with Gasteiger partial charge in [0.1, 0.15) is 6.54 Å². The molecule has 2 fully saturated rings. The lowest BCUT2D eigenvalue weighted by atomic mass is 9.89. The smallest absolute Gasteiger partial charge is 0.243 e. The molecule has 0 radical (unpaired) electrons. The molecule has 1 amide bonds. The number of guanidine groups is 1. The highest BCUT2D eigenvalue weighted by molar-refractivity contribution is 5.84. The lowest BCUT2D eigenvalue weighted by Gasteiger charge is -2.24. The first-order valence-electron chi connectivity index (χ1n) is 10.3. The largest absolute Gasteiger partial charge is 0.382 e. The van der Waals surface area contributed by atoms with Crippen LogP contribution in [0.1, 0.15) is 58.3 Å². The zero-order chi connectivity index (χ0) is 18.8. The van der Waals surface area contributed by atoms with E-state index >= 15 is 0 Å². The molecule has 2 aliphatic carbocycles. The molecule has 0 unspecified atom stereocenters. The molecular weight excluding hydrogens is 328 g/mol. The van der Waals surface area contributed by atoms with Crippen molar-refractivity contribution in [2.24, 2.45) is 16.3 Å². The minimum absolute atomic E-state index is 0.0289. The fraction of sp³-hybridized carbons (Fsp3) is 0.900. The number of likely N-dealkylation sites (N-methyl/N-ethyl adjacent to an activating group) is 1. The van der Waals surface area contributed by atoms with Crippen molar-refractivity contribution in [2.45, 2.75) is 58.3 Å². The van der Waals surface area contributed by atoms with Crippen LogP contribution < -0.4 is 10.6 Å². The Labute approximate surface area is 159 Å². The molecule has 0 aliphatic heterocycles. The topological polar surface area (TPSA) is 66.0 Å². The minimum Gasteiger partial charge on any atom is -0.382 e. The maximum absolute atomic E-state index is 11.9. The number of carbonyl (C=O) groups is 1. The van der Waals surface area contributed by atoms with Crippen LogP contribution in [0.5, 0.6) is 0 Å². The Morgan fingerprint density at radius 1 is 1.19 bits per heavy atom. The molecule has 0 saturated heterocycles. The number of nitrogens with one attached hydrogen (secondary N) is 2. The molecule has 2 aliphatic rings. The van der Waals surface area contributed by atoms with Crippen molar-refractivity contribution in [1.82, 2.24) is 15.5 Å². The first kappa shape index (κ1) is 21.0. The zero-order valence-corrected chi connectivity index (χ0v) is 17.0. The van der Waals surface area contributed by atoms with Crippen LogP contribution in [-0.4, -0.2) is 63.7 Å². The monoisotopic (exact) mass is 366 g/mol. The molecule has 0 bridgehead atoms. The molecule has 2 N–H and O–H groups in total. The normalized spacial score (nSPS) is 19.9. The van der Waals surface area contributed by atoms with E-state index in [4.69, 9.17) is 4.74 Å².